The van der Waals surface area contributed by atoms with Crippen LogP contribution in [0.25, 0.3) is 22.6 Å². The molecule has 0 saturated heterocycles. The summed E-state index contributed by atoms with van der Waals surface area (Å²) in [5, 5.41) is 3.24. The Labute approximate surface area is 182 Å². The van der Waals surface area contributed by atoms with Crippen LogP contribution in [0.5, 0.6) is 0 Å². The summed E-state index contributed by atoms with van der Waals surface area (Å²) in [5.41, 5.74) is 3.24. The van der Waals surface area contributed by atoms with Crippen molar-refractivity contribution in [2.45, 2.75) is 0 Å². The lowest BCUT2D eigenvalue weighted by atomic mass is 10.2. The van der Waals surface area contributed by atoms with Crippen LogP contribution in [0.3, 0.4) is 0 Å². The highest BCUT2D eigenvalue weighted by atomic mass is 127. The fraction of sp³-hybridized carbons (Fsp3) is 0. The second-order valence-electron chi connectivity index (χ2n) is 5.79. The summed E-state index contributed by atoms with van der Waals surface area (Å²) in [7, 11) is 0. The smallest absolute Gasteiger partial charge is 0.257 e. The molecule has 0 aliphatic heterocycles. The largest absolute Gasteiger partial charge is 0.436 e. The van der Waals surface area contributed by atoms with Crippen LogP contribution in [-0.4, -0.2) is 10.9 Å². The van der Waals surface area contributed by atoms with E-state index in [1.54, 1.807) is 36.4 Å². The monoisotopic (exact) mass is 552 g/mol. The van der Waals surface area contributed by atoms with E-state index in [4.69, 9.17) is 16.0 Å². The van der Waals surface area contributed by atoms with Crippen molar-refractivity contribution in [1.82, 2.24) is 4.98 Å². The number of nitrogens with zero attached hydrogens (tertiary/aromatic N) is 1. The molecule has 1 amide bonds. The first-order valence-corrected chi connectivity index (χ1v) is 10.2. The number of carbonyl (C=O) groups is 1. The van der Waals surface area contributed by atoms with Gasteiger partial charge in [0.1, 0.15) is 5.52 Å². The van der Waals surface area contributed by atoms with Crippen molar-refractivity contribution in [3.63, 3.8) is 0 Å². The van der Waals surface area contributed by atoms with Crippen LogP contribution in [-0.2, 0) is 0 Å². The molecule has 0 saturated carbocycles. The number of aromatic nitrogens is 1. The molecule has 4 nitrogen and oxygen atoms in total. The number of hydrogen-bond donors (Lipinski definition) is 1. The van der Waals surface area contributed by atoms with Crippen molar-refractivity contribution in [3.8, 4) is 11.5 Å². The minimum absolute atomic E-state index is 0.290. The number of nitrogens with one attached hydrogen (secondary N) is 1. The average Bonchev–Trinajstić information content (AvgIpc) is 3.07. The van der Waals surface area contributed by atoms with E-state index < -0.39 is 0 Å². The number of rotatable bonds is 3. The predicted octanol–water partition coefficient (Wildman–Crippen LogP) is 6.77. The van der Waals surface area contributed by atoms with Crippen molar-refractivity contribution in [2.75, 3.05) is 5.32 Å². The number of carbonyl (C=O) groups excluding carboxylic acids is 1. The third-order valence-corrected chi connectivity index (χ3v) is 5.38. The number of amides is 1. The molecular weight excluding hydrogens is 542 g/mol. The number of benzene rings is 3. The van der Waals surface area contributed by atoms with Crippen LogP contribution in [0.1, 0.15) is 10.4 Å². The number of anilines is 1. The molecule has 0 unspecified atom stereocenters. The van der Waals surface area contributed by atoms with E-state index >= 15 is 0 Å². The molecule has 0 atom stereocenters. The molecule has 0 radical (unpaired) electrons. The highest BCUT2D eigenvalue weighted by molar-refractivity contribution is 14.1. The Balaban J connectivity index is 1.64. The third kappa shape index (κ3) is 4.02. The van der Waals surface area contributed by atoms with Crippen LogP contribution in [0.4, 0.5) is 5.69 Å². The lowest BCUT2D eigenvalue weighted by molar-refractivity contribution is 0.102. The van der Waals surface area contributed by atoms with Crippen molar-refractivity contribution >= 4 is 72.8 Å². The van der Waals surface area contributed by atoms with E-state index in [0.717, 1.165) is 13.6 Å². The standard InChI is InChI=1S/C20H11BrClIN2O2/c21-12-4-6-16(22)15(9-12)19(26)24-14-5-7-18-17(10-14)25-20(27-18)11-2-1-3-13(23)8-11/h1-10H,(H,24,26). The van der Waals surface area contributed by atoms with E-state index in [2.05, 4.69) is 48.8 Å². The molecule has 1 heterocycles. The first-order chi connectivity index (χ1) is 13.0. The Kier molecular flexibility index (Phi) is 5.21. The fourth-order valence-corrected chi connectivity index (χ4v) is 3.73. The van der Waals surface area contributed by atoms with Gasteiger partial charge in [-0.05, 0) is 77.2 Å². The maximum absolute atomic E-state index is 12.5. The van der Waals surface area contributed by atoms with Crippen molar-refractivity contribution in [1.29, 1.82) is 0 Å². The Morgan fingerprint density at radius 3 is 2.78 bits per heavy atom. The molecule has 134 valence electrons. The molecule has 4 rings (SSSR count). The van der Waals surface area contributed by atoms with Gasteiger partial charge in [0.15, 0.2) is 5.58 Å². The van der Waals surface area contributed by atoms with Gasteiger partial charge < -0.3 is 9.73 Å². The molecule has 1 aromatic heterocycles. The van der Waals surface area contributed by atoms with Gasteiger partial charge in [-0.15, -0.1) is 0 Å². The Hall–Kier alpha value is -1.90. The van der Waals surface area contributed by atoms with Gasteiger partial charge in [0.2, 0.25) is 5.89 Å². The molecule has 0 spiro atoms. The molecule has 3 aromatic carbocycles. The summed E-state index contributed by atoms with van der Waals surface area (Å²) in [4.78, 5) is 17.1. The Morgan fingerprint density at radius 1 is 1.11 bits per heavy atom. The number of oxazole rings is 1. The summed E-state index contributed by atoms with van der Waals surface area (Å²) in [6, 6.07) is 18.4. The van der Waals surface area contributed by atoms with E-state index in [0.29, 0.717) is 33.3 Å². The lowest BCUT2D eigenvalue weighted by Crippen LogP contribution is -2.12. The van der Waals surface area contributed by atoms with Gasteiger partial charge in [0.25, 0.3) is 5.91 Å². The first-order valence-electron chi connectivity index (χ1n) is 7.92. The van der Waals surface area contributed by atoms with Crippen molar-refractivity contribution in [2.24, 2.45) is 0 Å². The molecule has 0 aliphatic rings. The van der Waals surface area contributed by atoms with E-state index in [-0.39, 0.29) is 5.91 Å². The SMILES string of the molecule is O=C(Nc1ccc2oc(-c3cccc(I)c3)nc2c1)c1cc(Br)ccc1Cl. The minimum Gasteiger partial charge on any atom is -0.436 e. The van der Waals surface area contributed by atoms with Crippen LogP contribution in [0.15, 0.2) is 69.6 Å². The zero-order valence-electron chi connectivity index (χ0n) is 13.7. The highest BCUT2D eigenvalue weighted by Gasteiger charge is 2.13. The summed E-state index contributed by atoms with van der Waals surface area (Å²) in [5.74, 6) is 0.254. The van der Waals surface area contributed by atoms with E-state index in [1.807, 2.05) is 24.3 Å². The van der Waals surface area contributed by atoms with Gasteiger partial charge in [-0.1, -0.05) is 33.6 Å². The maximum atomic E-state index is 12.5. The zero-order chi connectivity index (χ0) is 19.0. The topological polar surface area (TPSA) is 55.1 Å². The molecule has 7 heteroatoms. The molecular formula is C20H11BrClIN2O2. The molecule has 0 aliphatic carbocycles. The number of hydrogen-bond acceptors (Lipinski definition) is 3. The third-order valence-electron chi connectivity index (χ3n) is 3.89. The van der Waals surface area contributed by atoms with Crippen LogP contribution >= 0.6 is 50.1 Å². The first kappa shape index (κ1) is 18.5. The zero-order valence-corrected chi connectivity index (χ0v) is 18.2. The quantitative estimate of drug-likeness (QED) is 0.285. The van der Waals surface area contributed by atoms with Crippen molar-refractivity contribution in [3.05, 3.63) is 79.3 Å². The summed E-state index contributed by atoms with van der Waals surface area (Å²) < 4.78 is 7.72. The highest BCUT2D eigenvalue weighted by Crippen LogP contribution is 2.28. The Bertz CT molecular complexity index is 1180. The predicted molar refractivity (Wildman–Crippen MR) is 119 cm³/mol. The molecule has 0 fully saturated rings. The molecule has 27 heavy (non-hydrogen) atoms. The number of halogens is 3. The summed E-state index contributed by atoms with van der Waals surface area (Å²) in [6.45, 7) is 0. The van der Waals surface area contributed by atoms with Crippen LogP contribution in [0.2, 0.25) is 5.02 Å². The van der Waals surface area contributed by atoms with Crippen molar-refractivity contribution < 1.29 is 9.21 Å². The van der Waals surface area contributed by atoms with Gasteiger partial charge in [0, 0.05) is 19.3 Å². The number of fused-ring (bicyclic) bond motifs is 1. The normalized spacial score (nSPS) is 10.9. The second-order valence-corrected chi connectivity index (χ2v) is 8.36. The van der Waals surface area contributed by atoms with Gasteiger partial charge >= 0.3 is 0 Å². The van der Waals surface area contributed by atoms with Crippen LogP contribution in [0, 0.1) is 3.57 Å². The van der Waals surface area contributed by atoms with Crippen LogP contribution < -0.4 is 5.32 Å². The van der Waals surface area contributed by atoms with Gasteiger partial charge in [-0.2, -0.15) is 0 Å². The lowest BCUT2D eigenvalue weighted by Gasteiger charge is -2.07. The molecule has 1 N–H and O–H groups in total. The maximum Gasteiger partial charge on any atom is 0.257 e. The molecule has 0 bridgehead atoms. The average molecular weight is 554 g/mol. The molecule has 4 aromatic rings. The minimum atomic E-state index is -0.290. The van der Waals surface area contributed by atoms with Gasteiger partial charge in [0.05, 0.1) is 10.6 Å². The van der Waals surface area contributed by atoms with Gasteiger partial charge in [-0.3, -0.25) is 4.79 Å². The fourth-order valence-electron chi connectivity index (χ4n) is 2.62. The Morgan fingerprint density at radius 2 is 1.96 bits per heavy atom. The summed E-state index contributed by atoms with van der Waals surface area (Å²) in [6.07, 6.45) is 0. The van der Waals surface area contributed by atoms with Gasteiger partial charge in [-0.25, -0.2) is 4.98 Å². The van der Waals surface area contributed by atoms with E-state index in [9.17, 15) is 4.79 Å². The van der Waals surface area contributed by atoms with E-state index in [1.165, 1.54) is 0 Å². The summed E-state index contributed by atoms with van der Waals surface area (Å²) >= 11 is 11.7. The second kappa shape index (κ2) is 7.61.